The van der Waals surface area contributed by atoms with Gasteiger partial charge in [0.05, 0.1) is 12.8 Å². The van der Waals surface area contributed by atoms with E-state index in [1.54, 1.807) is 26.3 Å². The number of nitrogens with zero attached hydrogens (tertiary/aromatic N) is 2. The van der Waals surface area contributed by atoms with E-state index in [1.807, 2.05) is 24.3 Å². The van der Waals surface area contributed by atoms with Crippen LogP contribution < -0.4 is 4.74 Å². The molecule has 0 amide bonds. The second-order valence-corrected chi connectivity index (χ2v) is 4.06. The average Bonchev–Trinajstić information content (AvgIpc) is 2.94. The van der Waals surface area contributed by atoms with Crippen molar-refractivity contribution in [2.45, 2.75) is 13.2 Å². The van der Waals surface area contributed by atoms with Gasteiger partial charge in [0, 0.05) is 18.4 Å². The number of aliphatic carboxylic acids is 1. The molecule has 0 aliphatic rings. The summed E-state index contributed by atoms with van der Waals surface area (Å²) in [5.41, 5.74) is 1.56. The van der Waals surface area contributed by atoms with Crippen LogP contribution in [0.2, 0.25) is 0 Å². The monoisotopic (exact) mass is 276 g/mol. The predicted molar refractivity (Wildman–Crippen MR) is 72.5 cm³/mol. The summed E-state index contributed by atoms with van der Waals surface area (Å²) in [6.45, 7) is 2.04. The number of carbonyl (C=O) groups is 1. The third-order valence-electron chi connectivity index (χ3n) is 2.77. The van der Waals surface area contributed by atoms with Gasteiger partial charge in [-0.3, -0.25) is 0 Å². The van der Waals surface area contributed by atoms with Crippen LogP contribution in [0.1, 0.15) is 13.2 Å². The van der Waals surface area contributed by atoms with Gasteiger partial charge < -0.3 is 14.6 Å². The number of benzene rings is 1. The average molecular weight is 276 g/mol. The topological polar surface area (TPSA) is 73.6 Å². The number of methoxy groups -OCH3 is 1. The van der Waals surface area contributed by atoms with Gasteiger partial charge in [0.15, 0.2) is 0 Å². The molecule has 20 heavy (non-hydrogen) atoms. The van der Waals surface area contributed by atoms with Gasteiger partial charge >= 0.3 is 5.97 Å². The maximum absolute atomic E-state index is 11.1. The lowest BCUT2D eigenvalue weighted by Gasteiger charge is -2.12. The van der Waals surface area contributed by atoms with Crippen molar-refractivity contribution in [3.8, 4) is 17.0 Å². The second kappa shape index (κ2) is 6.21. The first-order valence-electron chi connectivity index (χ1n) is 6.19. The van der Waals surface area contributed by atoms with Crippen LogP contribution in [0.3, 0.4) is 0 Å². The highest BCUT2D eigenvalue weighted by Crippen LogP contribution is 2.21. The molecule has 1 unspecified atom stereocenters. The Morgan fingerprint density at radius 1 is 1.35 bits per heavy atom. The van der Waals surface area contributed by atoms with Crippen LogP contribution in [0.15, 0.2) is 36.5 Å². The Balaban J connectivity index is 2.24. The first-order valence-corrected chi connectivity index (χ1v) is 6.19. The number of hydrogen-bond acceptors (Lipinski definition) is 4. The highest BCUT2D eigenvalue weighted by atomic mass is 16.5. The number of aromatic nitrogens is 2. The van der Waals surface area contributed by atoms with Crippen molar-refractivity contribution in [2.75, 3.05) is 13.7 Å². The fraction of sp³-hybridized carbons (Fsp3) is 0.286. The summed E-state index contributed by atoms with van der Waals surface area (Å²) in [4.78, 5) is 11.1. The van der Waals surface area contributed by atoms with Gasteiger partial charge in [-0.1, -0.05) is 0 Å². The first-order chi connectivity index (χ1) is 9.65. The molecule has 0 fully saturated rings. The van der Waals surface area contributed by atoms with E-state index < -0.39 is 12.2 Å². The Kier molecular flexibility index (Phi) is 4.37. The second-order valence-electron chi connectivity index (χ2n) is 4.06. The number of hydrogen-bond donors (Lipinski definition) is 1. The molecule has 1 aromatic heterocycles. The van der Waals surface area contributed by atoms with Crippen LogP contribution in [0.4, 0.5) is 0 Å². The van der Waals surface area contributed by atoms with Gasteiger partial charge in [-0.2, -0.15) is 5.10 Å². The SMILES string of the molecule is CCOC(C(=O)O)n1ccc(-c2ccc(OC)cc2)n1. The highest BCUT2D eigenvalue weighted by Gasteiger charge is 2.20. The Morgan fingerprint density at radius 2 is 2.05 bits per heavy atom. The summed E-state index contributed by atoms with van der Waals surface area (Å²) in [5.74, 6) is -0.317. The van der Waals surface area contributed by atoms with Crippen molar-refractivity contribution in [1.82, 2.24) is 9.78 Å². The molecular weight excluding hydrogens is 260 g/mol. The summed E-state index contributed by atoms with van der Waals surface area (Å²) in [5, 5.41) is 13.3. The Morgan fingerprint density at radius 3 is 2.60 bits per heavy atom. The lowest BCUT2D eigenvalue weighted by atomic mass is 10.1. The molecule has 2 rings (SSSR count). The van der Waals surface area contributed by atoms with Gasteiger partial charge in [0.2, 0.25) is 6.23 Å². The molecule has 0 bridgehead atoms. The lowest BCUT2D eigenvalue weighted by Crippen LogP contribution is -2.22. The van der Waals surface area contributed by atoms with E-state index in [4.69, 9.17) is 14.6 Å². The van der Waals surface area contributed by atoms with Crippen LogP contribution in [-0.4, -0.2) is 34.6 Å². The maximum Gasteiger partial charge on any atom is 0.356 e. The third-order valence-corrected chi connectivity index (χ3v) is 2.77. The number of carboxylic acid groups (broad SMARTS) is 1. The molecule has 6 nitrogen and oxygen atoms in total. The quantitative estimate of drug-likeness (QED) is 0.875. The normalized spacial score (nSPS) is 12.1. The first kappa shape index (κ1) is 14.1. The minimum atomic E-state index is -1.10. The summed E-state index contributed by atoms with van der Waals surface area (Å²) in [6.07, 6.45) is 0.487. The number of ether oxygens (including phenoxy) is 2. The highest BCUT2D eigenvalue weighted by molar-refractivity contribution is 5.70. The molecule has 0 radical (unpaired) electrons. The van der Waals surface area contributed by atoms with Gasteiger partial charge in [-0.25, -0.2) is 9.48 Å². The molecule has 0 aliphatic heterocycles. The molecule has 1 aromatic carbocycles. The minimum absolute atomic E-state index is 0.300. The van der Waals surface area contributed by atoms with E-state index in [0.29, 0.717) is 12.3 Å². The summed E-state index contributed by atoms with van der Waals surface area (Å²) in [7, 11) is 1.60. The summed E-state index contributed by atoms with van der Waals surface area (Å²) >= 11 is 0. The Hall–Kier alpha value is -2.34. The summed E-state index contributed by atoms with van der Waals surface area (Å²) in [6, 6.07) is 9.12. The van der Waals surface area contributed by atoms with E-state index in [9.17, 15) is 4.79 Å². The minimum Gasteiger partial charge on any atom is -0.497 e. The van der Waals surface area contributed by atoms with E-state index in [-0.39, 0.29) is 0 Å². The fourth-order valence-corrected chi connectivity index (χ4v) is 1.80. The van der Waals surface area contributed by atoms with Gasteiger partial charge in [0.25, 0.3) is 0 Å². The molecule has 2 aromatic rings. The van der Waals surface area contributed by atoms with Crippen LogP contribution in [0.5, 0.6) is 5.75 Å². The molecule has 1 N–H and O–H groups in total. The number of rotatable bonds is 6. The third kappa shape index (κ3) is 2.97. The van der Waals surface area contributed by atoms with Crippen LogP contribution >= 0.6 is 0 Å². The van der Waals surface area contributed by atoms with Crippen molar-refractivity contribution in [2.24, 2.45) is 0 Å². The largest absolute Gasteiger partial charge is 0.497 e. The van der Waals surface area contributed by atoms with Crippen LogP contribution in [0.25, 0.3) is 11.3 Å². The van der Waals surface area contributed by atoms with Gasteiger partial charge in [-0.15, -0.1) is 0 Å². The molecule has 1 atom stereocenters. The zero-order valence-electron chi connectivity index (χ0n) is 11.3. The van der Waals surface area contributed by atoms with Crippen molar-refractivity contribution < 1.29 is 19.4 Å². The summed E-state index contributed by atoms with van der Waals surface area (Å²) < 4.78 is 11.5. The van der Waals surface area contributed by atoms with E-state index in [2.05, 4.69) is 5.10 Å². The van der Waals surface area contributed by atoms with Gasteiger partial charge in [-0.05, 0) is 37.3 Å². The van der Waals surface area contributed by atoms with E-state index in [0.717, 1.165) is 11.3 Å². The van der Waals surface area contributed by atoms with Crippen molar-refractivity contribution in [1.29, 1.82) is 0 Å². The van der Waals surface area contributed by atoms with Gasteiger partial charge in [0.1, 0.15) is 5.75 Å². The molecule has 6 heteroatoms. The molecule has 0 saturated heterocycles. The standard InChI is InChI=1S/C14H16N2O4/c1-3-20-13(14(17)18)16-9-8-12(15-16)10-4-6-11(19-2)7-5-10/h4-9,13H,3H2,1-2H3,(H,17,18). The van der Waals surface area contributed by atoms with Crippen molar-refractivity contribution in [3.05, 3.63) is 36.5 Å². The van der Waals surface area contributed by atoms with Crippen molar-refractivity contribution >= 4 is 5.97 Å². The zero-order chi connectivity index (χ0) is 14.5. The predicted octanol–water partition coefficient (Wildman–Crippen LogP) is 2.18. The molecular formula is C14H16N2O4. The Labute approximate surface area is 116 Å². The maximum atomic E-state index is 11.1. The molecule has 1 heterocycles. The van der Waals surface area contributed by atoms with Crippen LogP contribution in [0, 0.1) is 0 Å². The molecule has 0 spiro atoms. The smallest absolute Gasteiger partial charge is 0.356 e. The van der Waals surface area contributed by atoms with E-state index in [1.165, 1.54) is 4.68 Å². The molecule has 0 aliphatic carbocycles. The van der Waals surface area contributed by atoms with E-state index >= 15 is 0 Å². The van der Waals surface area contributed by atoms with Crippen LogP contribution in [-0.2, 0) is 9.53 Å². The fourth-order valence-electron chi connectivity index (χ4n) is 1.80. The molecule has 0 saturated carbocycles. The molecule has 106 valence electrons. The Bertz CT molecular complexity index is 577. The zero-order valence-corrected chi connectivity index (χ0v) is 11.3. The number of carboxylic acids is 1. The lowest BCUT2D eigenvalue weighted by molar-refractivity contribution is -0.157. The van der Waals surface area contributed by atoms with Crippen molar-refractivity contribution in [3.63, 3.8) is 0 Å².